The molecule has 0 spiro atoms. The summed E-state index contributed by atoms with van der Waals surface area (Å²) < 4.78 is 1.97. The number of aromatic nitrogens is 2. The molecule has 0 saturated heterocycles. The summed E-state index contributed by atoms with van der Waals surface area (Å²) in [5.41, 5.74) is 1.40. The molecule has 1 saturated carbocycles. The zero-order chi connectivity index (χ0) is 11.8. The third-order valence-electron chi connectivity index (χ3n) is 4.51. The lowest BCUT2D eigenvalue weighted by Crippen LogP contribution is -2.50. The summed E-state index contributed by atoms with van der Waals surface area (Å²) in [5, 5.41) is 14.4. The van der Waals surface area contributed by atoms with E-state index in [1.807, 2.05) is 10.9 Å². The Labute approximate surface area is 97.5 Å². The van der Waals surface area contributed by atoms with Crippen LogP contribution in [-0.4, -0.2) is 21.0 Å². The number of rotatable bonds is 4. The summed E-state index contributed by atoms with van der Waals surface area (Å²) in [6.07, 6.45) is 6.98. The lowest BCUT2D eigenvalue weighted by molar-refractivity contribution is -0.0932. The van der Waals surface area contributed by atoms with E-state index in [2.05, 4.69) is 32.1 Å². The first-order chi connectivity index (χ1) is 7.67. The van der Waals surface area contributed by atoms with Gasteiger partial charge in [-0.1, -0.05) is 13.8 Å². The molecule has 16 heavy (non-hydrogen) atoms. The van der Waals surface area contributed by atoms with Crippen molar-refractivity contribution in [2.45, 2.75) is 58.6 Å². The molecule has 3 nitrogen and oxygen atoms in total. The van der Waals surface area contributed by atoms with Crippen molar-refractivity contribution in [1.82, 2.24) is 9.78 Å². The van der Waals surface area contributed by atoms with E-state index < -0.39 is 0 Å². The van der Waals surface area contributed by atoms with Crippen molar-refractivity contribution in [2.75, 3.05) is 0 Å². The highest BCUT2D eigenvalue weighted by Gasteiger charge is 2.52. The van der Waals surface area contributed by atoms with Gasteiger partial charge in [0.1, 0.15) is 0 Å². The van der Waals surface area contributed by atoms with Crippen molar-refractivity contribution in [2.24, 2.45) is 5.41 Å². The second kappa shape index (κ2) is 4.21. The van der Waals surface area contributed by atoms with E-state index >= 15 is 0 Å². The van der Waals surface area contributed by atoms with Crippen LogP contribution < -0.4 is 0 Å². The van der Waals surface area contributed by atoms with Crippen LogP contribution in [0.15, 0.2) is 12.4 Å². The van der Waals surface area contributed by atoms with E-state index in [9.17, 15) is 5.11 Å². The van der Waals surface area contributed by atoms with Crippen LogP contribution in [0.2, 0.25) is 0 Å². The fourth-order valence-electron chi connectivity index (χ4n) is 3.18. The third kappa shape index (κ3) is 1.49. The van der Waals surface area contributed by atoms with Gasteiger partial charge >= 0.3 is 0 Å². The highest BCUT2D eigenvalue weighted by Crippen LogP contribution is 2.57. The van der Waals surface area contributed by atoms with Crippen LogP contribution in [0.5, 0.6) is 0 Å². The lowest BCUT2D eigenvalue weighted by atomic mass is 9.53. The fraction of sp³-hybridized carbons (Fsp3) is 0.769. The molecule has 3 heteroatoms. The lowest BCUT2D eigenvalue weighted by Gasteiger charge is -2.53. The molecule has 0 aliphatic heterocycles. The summed E-state index contributed by atoms with van der Waals surface area (Å²) >= 11 is 0. The number of aliphatic hydroxyl groups is 1. The topological polar surface area (TPSA) is 38.0 Å². The highest BCUT2D eigenvalue weighted by molar-refractivity contribution is 5.23. The van der Waals surface area contributed by atoms with Gasteiger partial charge in [-0.25, -0.2) is 0 Å². The van der Waals surface area contributed by atoms with Crippen LogP contribution in [-0.2, 0) is 6.54 Å². The smallest absolute Gasteiger partial charge is 0.0608 e. The Hall–Kier alpha value is -0.830. The number of aryl methyl sites for hydroxylation is 1. The molecule has 1 aliphatic carbocycles. The van der Waals surface area contributed by atoms with Crippen molar-refractivity contribution in [3.8, 4) is 0 Å². The van der Waals surface area contributed by atoms with Gasteiger partial charge in [-0.15, -0.1) is 0 Å². The van der Waals surface area contributed by atoms with Crippen molar-refractivity contribution >= 4 is 0 Å². The predicted octanol–water partition coefficient (Wildman–Crippen LogP) is 2.56. The van der Waals surface area contributed by atoms with Gasteiger partial charge in [-0.2, -0.15) is 5.10 Å². The van der Waals surface area contributed by atoms with Crippen LogP contribution in [0.4, 0.5) is 0 Å². The molecule has 90 valence electrons. The average molecular weight is 222 g/mol. The van der Waals surface area contributed by atoms with E-state index in [1.54, 1.807) is 0 Å². The third-order valence-corrected chi connectivity index (χ3v) is 4.51. The van der Waals surface area contributed by atoms with E-state index in [0.29, 0.717) is 5.92 Å². The monoisotopic (exact) mass is 222 g/mol. The summed E-state index contributed by atoms with van der Waals surface area (Å²) in [4.78, 5) is 0. The number of hydrogen-bond donors (Lipinski definition) is 1. The molecular formula is C13H22N2O. The molecule has 1 heterocycles. The molecule has 0 amide bonds. The molecule has 0 radical (unpaired) electrons. The van der Waals surface area contributed by atoms with E-state index in [0.717, 1.165) is 25.8 Å². The quantitative estimate of drug-likeness (QED) is 0.850. The first-order valence-electron chi connectivity index (χ1n) is 6.38. The molecule has 1 aromatic heterocycles. The first-order valence-corrected chi connectivity index (χ1v) is 6.38. The van der Waals surface area contributed by atoms with Gasteiger partial charge in [0, 0.05) is 18.2 Å². The van der Waals surface area contributed by atoms with Crippen LogP contribution >= 0.6 is 0 Å². The summed E-state index contributed by atoms with van der Waals surface area (Å²) in [7, 11) is 0. The van der Waals surface area contributed by atoms with Gasteiger partial charge in [0.2, 0.25) is 0 Å². The zero-order valence-electron chi connectivity index (χ0n) is 10.5. The molecule has 0 aromatic carbocycles. The van der Waals surface area contributed by atoms with Crippen molar-refractivity contribution in [3.63, 3.8) is 0 Å². The molecule has 1 aromatic rings. The Kier molecular flexibility index (Phi) is 3.06. The SMILES string of the molecule is CCn1cc(C2CC(O)C2(CC)CC)cn1. The maximum absolute atomic E-state index is 10.0. The number of nitrogens with zero attached hydrogens (tertiary/aromatic N) is 2. The minimum atomic E-state index is -0.127. The largest absolute Gasteiger partial charge is 0.393 e. The summed E-state index contributed by atoms with van der Waals surface area (Å²) in [6, 6.07) is 0. The second-order valence-corrected chi connectivity index (χ2v) is 4.87. The van der Waals surface area contributed by atoms with E-state index in [4.69, 9.17) is 0 Å². The van der Waals surface area contributed by atoms with E-state index in [1.165, 1.54) is 5.56 Å². The molecule has 1 aliphatic rings. The van der Waals surface area contributed by atoms with Gasteiger partial charge in [0.05, 0.1) is 12.3 Å². The molecule has 1 fully saturated rings. The van der Waals surface area contributed by atoms with Crippen LogP contribution in [0, 0.1) is 5.41 Å². The molecule has 2 unspecified atom stereocenters. The Morgan fingerprint density at radius 3 is 2.56 bits per heavy atom. The Morgan fingerprint density at radius 2 is 2.12 bits per heavy atom. The zero-order valence-corrected chi connectivity index (χ0v) is 10.5. The van der Waals surface area contributed by atoms with Crippen molar-refractivity contribution in [1.29, 1.82) is 0 Å². The maximum Gasteiger partial charge on any atom is 0.0608 e. The number of aliphatic hydroxyl groups excluding tert-OH is 1. The minimum absolute atomic E-state index is 0.0988. The molecule has 2 rings (SSSR count). The summed E-state index contributed by atoms with van der Waals surface area (Å²) in [5.74, 6) is 0.498. The standard InChI is InChI=1S/C13H22N2O/c1-4-13(5-2)11(7-12(13)16)10-8-14-15(6-3)9-10/h8-9,11-12,16H,4-7H2,1-3H3. The van der Waals surface area contributed by atoms with Gasteiger partial charge in [-0.05, 0) is 37.7 Å². The summed E-state index contributed by atoms with van der Waals surface area (Å²) in [6.45, 7) is 7.38. The van der Waals surface area contributed by atoms with Gasteiger partial charge in [0.15, 0.2) is 0 Å². The Morgan fingerprint density at radius 1 is 1.44 bits per heavy atom. The van der Waals surface area contributed by atoms with Crippen LogP contribution in [0.25, 0.3) is 0 Å². The first kappa shape index (κ1) is 11.6. The van der Waals surface area contributed by atoms with Crippen molar-refractivity contribution < 1.29 is 5.11 Å². The van der Waals surface area contributed by atoms with Crippen LogP contribution in [0.3, 0.4) is 0 Å². The predicted molar refractivity (Wildman–Crippen MR) is 64.3 cm³/mol. The Bertz CT molecular complexity index is 355. The minimum Gasteiger partial charge on any atom is -0.393 e. The van der Waals surface area contributed by atoms with Gasteiger partial charge in [0.25, 0.3) is 0 Å². The van der Waals surface area contributed by atoms with Crippen LogP contribution in [0.1, 0.15) is 51.5 Å². The Balaban J connectivity index is 2.22. The molecule has 1 N–H and O–H groups in total. The van der Waals surface area contributed by atoms with Crippen molar-refractivity contribution in [3.05, 3.63) is 18.0 Å². The number of hydrogen-bond acceptors (Lipinski definition) is 2. The maximum atomic E-state index is 10.0. The molecule has 2 atom stereocenters. The van der Waals surface area contributed by atoms with Gasteiger partial charge < -0.3 is 5.11 Å². The highest BCUT2D eigenvalue weighted by atomic mass is 16.3. The fourth-order valence-corrected chi connectivity index (χ4v) is 3.18. The average Bonchev–Trinajstić information content (AvgIpc) is 2.75. The normalized spacial score (nSPS) is 27.8. The second-order valence-electron chi connectivity index (χ2n) is 4.87. The molecular weight excluding hydrogens is 200 g/mol. The van der Waals surface area contributed by atoms with E-state index in [-0.39, 0.29) is 11.5 Å². The molecule has 0 bridgehead atoms. The van der Waals surface area contributed by atoms with Gasteiger partial charge in [-0.3, -0.25) is 4.68 Å².